The molecule has 2 heteroatoms. The molecule has 0 aromatic carbocycles. The summed E-state index contributed by atoms with van der Waals surface area (Å²) in [6.45, 7) is 8.13. The predicted molar refractivity (Wildman–Crippen MR) is 67.2 cm³/mol. The summed E-state index contributed by atoms with van der Waals surface area (Å²) < 4.78 is 0. The molecule has 1 atom stereocenters. The SMILES string of the molecule is CC(C)N(C)CCCC(C)N(C)C1CC1. The summed E-state index contributed by atoms with van der Waals surface area (Å²) in [5.74, 6) is 0. The van der Waals surface area contributed by atoms with E-state index >= 15 is 0 Å². The molecule has 0 aliphatic heterocycles. The van der Waals surface area contributed by atoms with Crippen molar-refractivity contribution in [3.63, 3.8) is 0 Å². The van der Waals surface area contributed by atoms with Crippen LogP contribution in [0.2, 0.25) is 0 Å². The van der Waals surface area contributed by atoms with Crippen molar-refractivity contribution in [3.8, 4) is 0 Å². The minimum absolute atomic E-state index is 0.682. The van der Waals surface area contributed by atoms with Crippen LogP contribution in [-0.4, -0.2) is 48.6 Å². The first-order chi connectivity index (χ1) is 7.02. The van der Waals surface area contributed by atoms with Crippen LogP contribution in [0.25, 0.3) is 0 Å². The van der Waals surface area contributed by atoms with Crippen LogP contribution in [-0.2, 0) is 0 Å². The van der Waals surface area contributed by atoms with E-state index < -0.39 is 0 Å². The van der Waals surface area contributed by atoms with Gasteiger partial charge in [-0.2, -0.15) is 0 Å². The minimum atomic E-state index is 0.682. The topological polar surface area (TPSA) is 6.48 Å². The van der Waals surface area contributed by atoms with Crippen molar-refractivity contribution in [1.29, 1.82) is 0 Å². The molecular weight excluding hydrogens is 184 g/mol. The van der Waals surface area contributed by atoms with Crippen molar-refractivity contribution < 1.29 is 0 Å². The van der Waals surface area contributed by atoms with E-state index in [2.05, 4.69) is 44.7 Å². The van der Waals surface area contributed by atoms with Crippen LogP contribution in [0.15, 0.2) is 0 Å². The molecule has 0 aromatic rings. The lowest BCUT2D eigenvalue weighted by Crippen LogP contribution is -2.33. The van der Waals surface area contributed by atoms with Crippen molar-refractivity contribution in [3.05, 3.63) is 0 Å². The molecule has 0 N–H and O–H groups in total. The number of rotatable bonds is 7. The van der Waals surface area contributed by atoms with E-state index in [0.717, 1.165) is 12.1 Å². The molecule has 0 radical (unpaired) electrons. The zero-order valence-electron chi connectivity index (χ0n) is 11.2. The van der Waals surface area contributed by atoms with Gasteiger partial charge in [0, 0.05) is 18.1 Å². The summed E-state index contributed by atoms with van der Waals surface area (Å²) in [6, 6.07) is 2.35. The Balaban J connectivity index is 2.08. The van der Waals surface area contributed by atoms with Crippen molar-refractivity contribution in [2.45, 2.75) is 64.6 Å². The van der Waals surface area contributed by atoms with Crippen molar-refractivity contribution in [2.24, 2.45) is 0 Å². The quantitative estimate of drug-likeness (QED) is 0.640. The molecule has 0 spiro atoms. The first-order valence-corrected chi connectivity index (χ1v) is 6.44. The Morgan fingerprint density at radius 3 is 2.20 bits per heavy atom. The van der Waals surface area contributed by atoms with E-state index in [9.17, 15) is 0 Å². The van der Waals surface area contributed by atoms with Gasteiger partial charge in [-0.25, -0.2) is 0 Å². The molecule has 90 valence electrons. The van der Waals surface area contributed by atoms with Gasteiger partial charge in [0.2, 0.25) is 0 Å². The first-order valence-electron chi connectivity index (χ1n) is 6.44. The maximum atomic E-state index is 2.56. The lowest BCUT2D eigenvalue weighted by atomic mass is 10.1. The summed E-state index contributed by atoms with van der Waals surface area (Å²) in [6.07, 6.45) is 5.51. The van der Waals surface area contributed by atoms with Gasteiger partial charge in [0.15, 0.2) is 0 Å². The van der Waals surface area contributed by atoms with Crippen LogP contribution < -0.4 is 0 Å². The van der Waals surface area contributed by atoms with Crippen LogP contribution in [0.4, 0.5) is 0 Å². The Bertz CT molecular complexity index is 175. The van der Waals surface area contributed by atoms with E-state index in [1.807, 2.05) is 0 Å². The fraction of sp³-hybridized carbons (Fsp3) is 1.00. The number of hydrogen-bond donors (Lipinski definition) is 0. The molecule has 1 aliphatic carbocycles. The standard InChI is InChI=1S/C13H28N2/c1-11(2)14(4)10-6-7-12(3)15(5)13-8-9-13/h11-13H,6-10H2,1-5H3. The second-order valence-corrected chi connectivity index (χ2v) is 5.46. The smallest absolute Gasteiger partial charge is 0.00961 e. The molecule has 0 amide bonds. The molecule has 1 saturated carbocycles. The van der Waals surface area contributed by atoms with E-state index in [-0.39, 0.29) is 0 Å². The minimum Gasteiger partial charge on any atom is -0.304 e. The van der Waals surface area contributed by atoms with E-state index in [4.69, 9.17) is 0 Å². The third kappa shape index (κ3) is 4.52. The summed E-state index contributed by atoms with van der Waals surface area (Å²) in [4.78, 5) is 5.00. The lowest BCUT2D eigenvalue weighted by molar-refractivity contribution is 0.213. The molecular formula is C13H28N2. The third-order valence-electron chi connectivity index (χ3n) is 3.83. The largest absolute Gasteiger partial charge is 0.304 e. The predicted octanol–water partition coefficient (Wildman–Crippen LogP) is 2.59. The molecule has 1 unspecified atom stereocenters. The maximum Gasteiger partial charge on any atom is 0.00961 e. The highest BCUT2D eigenvalue weighted by molar-refractivity contribution is 4.85. The Kier molecular flexibility index (Phi) is 5.07. The van der Waals surface area contributed by atoms with Crippen LogP contribution >= 0.6 is 0 Å². The van der Waals surface area contributed by atoms with Gasteiger partial charge in [0.25, 0.3) is 0 Å². The molecule has 1 rings (SSSR count). The second-order valence-electron chi connectivity index (χ2n) is 5.46. The van der Waals surface area contributed by atoms with Gasteiger partial charge >= 0.3 is 0 Å². The van der Waals surface area contributed by atoms with Crippen molar-refractivity contribution >= 4 is 0 Å². The summed E-state index contributed by atoms with van der Waals surface area (Å²) in [5, 5.41) is 0. The molecule has 1 fully saturated rings. The fourth-order valence-corrected chi connectivity index (χ4v) is 1.94. The van der Waals surface area contributed by atoms with Crippen LogP contribution in [0.3, 0.4) is 0 Å². The van der Waals surface area contributed by atoms with Gasteiger partial charge in [-0.05, 0) is 67.1 Å². The van der Waals surface area contributed by atoms with Gasteiger partial charge in [0.1, 0.15) is 0 Å². The first kappa shape index (κ1) is 13.0. The highest BCUT2D eigenvalue weighted by atomic mass is 15.2. The molecule has 2 nitrogen and oxygen atoms in total. The van der Waals surface area contributed by atoms with E-state index in [1.54, 1.807) is 0 Å². The molecule has 0 heterocycles. The zero-order chi connectivity index (χ0) is 11.4. The summed E-state index contributed by atoms with van der Waals surface area (Å²) in [5.41, 5.74) is 0. The number of nitrogens with zero attached hydrogens (tertiary/aromatic N) is 2. The normalized spacial score (nSPS) is 19.2. The fourth-order valence-electron chi connectivity index (χ4n) is 1.94. The molecule has 15 heavy (non-hydrogen) atoms. The van der Waals surface area contributed by atoms with Crippen molar-refractivity contribution in [1.82, 2.24) is 9.80 Å². The lowest BCUT2D eigenvalue weighted by Gasteiger charge is -2.26. The van der Waals surface area contributed by atoms with Gasteiger partial charge in [-0.15, -0.1) is 0 Å². The average Bonchev–Trinajstić information content (AvgIpc) is 2.99. The van der Waals surface area contributed by atoms with Gasteiger partial charge in [-0.1, -0.05) is 0 Å². The summed E-state index contributed by atoms with van der Waals surface area (Å²) in [7, 11) is 4.51. The van der Waals surface area contributed by atoms with Crippen LogP contribution in [0.5, 0.6) is 0 Å². The molecule has 0 saturated heterocycles. The van der Waals surface area contributed by atoms with E-state index in [1.165, 1.54) is 32.2 Å². The monoisotopic (exact) mass is 212 g/mol. The van der Waals surface area contributed by atoms with Crippen molar-refractivity contribution in [2.75, 3.05) is 20.6 Å². The van der Waals surface area contributed by atoms with Crippen LogP contribution in [0.1, 0.15) is 46.5 Å². The Labute approximate surface area is 95.6 Å². The Morgan fingerprint density at radius 2 is 1.73 bits per heavy atom. The van der Waals surface area contributed by atoms with Crippen LogP contribution in [0, 0.1) is 0 Å². The third-order valence-corrected chi connectivity index (χ3v) is 3.83. The maximum absolute atomic E-state index is 2.56. The molecule has 0 aromatic heterocycles. The Morgan fingerprint density at radius 1 is 1.13 bits per heavy atom. The zero-order valence-corrected chi connectivity index (χ0v) is 11.2. The van der Waals surface area contributed by atoms with E-state index in [0.29, 0.717) is 6.04 Å². The summed E-state index contributed by atoms with van der Waals surface area (Å²) >= 11 is 0. The Hall–Kier alpha value is -0.0800. The van der Waals surface area contributed by atoms with Gasteiger partial charge in [-0.3, -0.25) is 0 Å². The molecule has 1 aliphatic rings. The highest BCUT2D eigenvalue weighted by Crippen LogP contribution is 2.27. The average molecular weight is 212 g/mol. The second kappa shape index (κ2) is 5.86. The van der Waals surface area contributed by atoms with Gasteiger partial charge in [0.05, 0.1) is 0 Å². The highest BCUT2D eigenvalue weighted by Gasteiger charge is 2.28. The van der Waals surface area contributed by atoms with Gasteiger partial charge < -0.3 is 9.80 Å². The molecule has 0 bridgehead atoms. The number of hydrogen-bond acceptors (Lipinski definition) is 2.